The van der Waals surface area contributed by atoms with Crippen LogP contribution in [0, 0.1) is 11.8 Å². The van der Waals surface area contributed by atoms with Crippen LogP contribution in [0.25, 0.3) is 0 Å². The molecule has 1 saturated carbocycles. The van der Waals surface area contributed by atoms with Crippen LogP contribution in [0.1, 0.15) is 32.5 Å². The Hall–Kier alpha value is -2.29. The van der Waals surface area contributed by atoms with E-state index in [2.05, 4.69) is 26.8 Å². The smallest absolute Gasteiger partial charge is 0.343 e. The molecule has 1 fully saturated rings. The Kier molecular flexibility index (Phi) is 5.23. The lowest BCUT2D eigenvalue weighted by atomic mass is 10.3. The van der Waals surface area contributed by atoms with Gasteiger partial charge in [-0.25, -0.2) is 0 Å². The summed E-state index contributed by atoms with van der Waals surface area (Å²) in [4.78, 5) is 11.0. The summed E-state index contributed by atoms with van der Waals surface area (Å²) in [6.07, 6.45) is -7.92. The van der Waals surface area contributed by atoms with Crippen LogP contribution < -0.4 is 16.4 Å². The van der Waals surface area contributed by atoms with Gasteiger partial charge < -0.3 is 16.4 Å². The van der Waals surface area contributed by atoms with Gasteiger partial charge in [0.15, 0.2) is 0 Å². The molecule has 0 unspecified atom stereocenters. The van der Waals surface area contributed by atoms with E-state index in [0.29, 0.717) is 12.8 Å². The summed E-state index contributed by atoms with van der Waals surface area (Å²) in [7, 11) is 0. The minimum atomic E-state index is -4.60. The van der Waals surface area contributed by atoms with Crippen molar-refractivity contribution in [1.82, 2.24) is 15.0 Å². The van der Waals surface area contributed by atoms with E-state index in [1.54, 1.807) is 0 Å². The minimum Gasteiger partial charge on any atom is -0.343 e. The fourth-order valence-corrected chi connectivity index (χ4v) is 1.55. The first-order valence-electron chi connectivity index (χ1n) is 7.53. The number of anilines is 2. The SMILES string of the molecule is C[C@@H](Nc1nc(C#CC2(N)CC2)nc(N[C@H](C)C(F)(F)F)n1)C(F)(F)F. The van der Waals surface area contributed by atoms with Gasteiger partial charge in [-0.05, 0) is 32.6 Å². The average Bonchev–Trinajstić information content (AvgIpc) is 3.21. The summed E-state index contributed by atoms with van der Waals surface area (Å²) < 4.78 is 76.0. The molecule has 2 atom stereocenters. The predicted molar refractivity (Wildman–Crippen MR) is 81.1 cm³/mol. The third kappa shape index (κ3) is 5.62. The molecule has 144 valence electrons. The summed E-state index contributed by atoms with van der Waals surface area (Å²) >= 11 is 0. The second-order valence-corrected chi connectivity index (χ2v) is 6.03. The fourth-order valence-electron chi connectivity index (χ4n) is 1.55. The Labute approximate surface area is 145 Å². The van der Waals surface area contributed by atoms with Crippen molar-refractivity contribution in [2.45, 2.75) is 56.7 Å². The summed E-state index contributed by atoms with van der Waals surface area (Å²) in [5.74, 6) is 3.73. The first-order chi connectivity index (χ1) is 11.8. The van der Waals surface area contributed by atoms with Crippen LogP contribution >= 0.6 is 0 Å². The van der Waals surface area contributed by atoms with Crippen molar-refractivity contribution in [3.8, 4) is 11.8 Å². The first kappa shape index (κ1) is 20.0. The lowest BCUT2D eigenvalue weighted by Gasteiger charge is -2.19. The van der Waals surface area contributed by atoms with Crippen LogP contribution in [0.3, 0.4) is 0 Å². The van der Waals surface area contributed by atoms with Crippen LogP contribution in [0.15, 0.2) is 0 Å². The topological polar surface area (TPSA) is 88.8 Å². The number of hydrogen-bond acceptors (Lipinski definition) is 6. The van der Waals surface area contributed by atoms with Crippen LogP contribution in [-0.4, -0.2) is 44.9 Å². The Balaban J connectivity index is 2.30. The largest absolute Gasteiger partial charge is 0.408 e. The van der Waals surface area contributed by atoms with E-state index in [1.807, 2.05) is 10.6 Å². The molecule has 0 aliphatic heterocycles. The summed E-state index contributed by atoms with van der Waals surface area (Å²) in [5, 5.41) is 3.96. The van der Waals surface area contributed by atoms with Crippen molar-refractivity contribution < 1.29 is 26.3 Å². The van der Waals surface area contributed by atoms with Gasteiger partial charge in [-0.2, -0.15) is 41.3 Å². The Morgan fingerprint density at radius 3 is 1.69 bits per heavy atom. The highest BCUT2D eigenvalue weighted by molar-refractivity contribution is 5.41. The van der Waals surface area contributed by atoms with E-state index in [4.69, 9.17) is 5.73 Å². The average molecular weight is 382 g/mol. The minimum absolute atomic E-state index is 0.287. The van der Waals surface area contributed by atoms with Gasteiger partial charge in [0.2, 0.25) is 17.7 Å². The quantitative estimate of drug-likeness (QED) is 0.548. The normalized spacial score (nSPS) is 18.3. The summed E-state index contributed by atoms with van der Waals surface area (Å²) in [6, 6.07) is -4.05. The highest BCUT2D eigenvalue weighted by Gasteiger charge is 2.38. The fraction of sp³-hybridized carbons (Fsp3) is 0.643. The Morgan fingerprint density at radius 2 is 1.35 bits per heavy atom. The number of alkyl halides is 6. The zero-order valence-corrected chi connectivity index (χ0v) is 13.8. The molecule has 1 aliphatic rings. The lowest BCUT2D eigenvalue weighted by molar-refractivity contribution is -0.139. The van der Waals surface area contributed by atoms with Gasteiger partial charge in [-0.15, -0.1) is 0 Å². The molecule has 6 nitrogen and oxygen atoms in total. The third-order valence-electron chi connectivity index (χ3n) is 3.52. The third-order valence-corrected chi connectivity index (χ3v) is 3.52. The van der Waals surface area contributed by atoms with Gasteiger partial charge in [0.1, 0.15) is 12.1 Å². The maximum Gasteiger partial charge on any atom is 0.408 e. The molecule has 4 N–H and O–H groups in total. The number of hydrogen-bond donors (Lipinski definition) is 3. The Morgan fingerprint density at radius 1 is 0.923 bits per heavy atom. The number of aromatic nitrogens is 3. The number of rotatable bonds is 4. The molecule has 0 radical (unpaired) electrons. The Bertz CT molecular complexity index is 675. The van der Waals surface area contributed by atoms with Crippen molar-refractivity contribution in [1.29, 1.82) is 0 Å². The molecule has 2 rings (SSSR count). The molecule has 1 aliphatic carbocycles. The van der Waals surface area contributed by atoms with E-state index >= 15 is 0 Å². The van der Waals surface area contributed by atoms with Crippen molar-refractivity contribution in [3.63, 3.8) is 0 Å². The molecular weight excluding hydrogens is 366 g/mol. The molecule has 12 heteroatoms. The van der Waals surface area contributed by atoms with Crippen LogP contribution in [-0.2, 0) is 0 Å². The zero-order valence-electron chi connectivity index (χ0n) is 13.8. The molecule has 0 aromatic carbocycles. The van der Waals surface area contributed by atoms with Crippen LogP contribution in [0.4, 0.5) is 38.2 Å². The number of nitrogens with zero attached hydrogens (tertiary/aromatic N) is 3. The van der Waals surface area contributed by atoms with Crippen LogP contribution in [0.2, 0.25) is 0 Å². The maximum atomic E-state index is 12.7. The standard InChI is InChI=1S/C14H16F6N6/c1-7(13(15,16)17)22-10-24-9(3-4-12(21)5-6-12)25-11(26-10)23-8(2)14(18,19)20/h7-8H,5-6,21H2,1-2H3,(H2,22,23,24,25,26)/t7-,8-/m1/s1. The van der Waals surface area contributed by atoms with Gasteiger partial charge in [-0.3, -0.25) is 0 Å². The van der Waals surface area contributed by atoms with Gasteiger partial charge in [0, 0.05) is 0 Å². The molecule has 0 saturated heterocycles. The van der Waals surface area contributed by atoms with E-state index in [-0.39, 0.29) is 5.82 Å². The highest BCUT2D eigenvalue weighted by Crippen LogP contribution is 2.31. The van der Waals surface area contributed by atoms with Crippen molar-refractivity contribution in [2.24, 2.45) is 5.73 Å². The lowest BCUT2D eigenvalue weighted by Crippen LogP contribution is -2.35. The van der Waals surface area contributed by atoms with Gasteiger partial charge in [0.25, 0.3) is 0 Å². The van der Waals surface area contributed by atoms with E-state index in [1.165, 1.54) is 0 Å². The molecular formula is C14H16F6N6. The number of nitrogens with one attached hydrogen (secondary N) is 2. The zero-order chi connectivity index (χ0) is 19.8. The number of nitrogens with two attached hydrogens (primary N) is 1. The molecule has 1 aromatic heterocycles. The second-order valence-electron chi connectivity index (χ2n) is 6.03. The number of halogens is 6. The molecule has 0 spiro atoms. The molecule has 1 aromatic rings. The van der Waals surface area contributed by atoms with Crippen molar-refractivity contribution in [3.05, 3.63) is 5.82 Å². The van der Waals surface area contributed by atoms with Crippen molar-refractivity contribution in [2.75, 3.05) is 10.6 Å². The molecule has 26 heavy (non-hydrogen) atoms. The first-order valence-corrected chi connectivity index (χ1v) is 7.53. The summed E-state index contributed by atoms with van der Waals surface area (Å²) in [6.45, 7) is 1.64. The maximum absolute atomic E-state index is 12.7. The van der Waals surface area contributed by atoms with Crippen LogP contribution in [0.5, 0.6) is 0 Å². The molecule has 0 amide bonds. The second kappa shape index (κ2) is 6.79. The molecule has 0 bridgehead atoms. The van der Waals surface area contributed by atoms with E-state index in [9.17, 15) is 26.3 Å². The van der Waals surface area contributed by atoms with Gasteiger partial charge in [-0.1, -0.05) is 5.92 Å². The van der Waals surface area contributed by atoms with Gasteiger partial charge in [0.05, 0.1) is 5.54 Å². The molecule has 1 heterocycles. The van der Waals surface area contributed by atoms with Crippen molar-refractivity contribution >= 4 is 11.9 Å². The predicted octanol–water partition coefficient (Wildman–Crippen LogP) is 2.44. The summed E-state index contributed by atoms with van der Waals surface area (Å²) in [5.41, 5.74) is 5.06. The van der Waals surface area contributed by atoms with Gasteiger partial charge >= 0.3 is 12.4 Å². The van der Waals surface area contributed by atoms with E-state index < -0.39 is 41.9 Å². The highest BCUT2D eigenvalue weighted by atomic mass is 19.4. The van der Waals surface area contributed by atoms with E-state index in [0.717, 1.165) is 13.8 Å². The monoisotopic (exact) mass is 382 g/mol.